The van der Waals surface area contributed by atoms with Crippen molar-refractivity contribution in [1.29, 1.82) is 0 Å². The lowest BCUT2D eigenvalue weighted by Gasteiger charge is -2.39. The zero-order valence-electron chi connectivity index (χ0n) is 23.2. The molecule has 2 bridgehead atoms. The zero-order chi connectivity index (χ0) is 28.1. The summed E-state index contributed by atoms with van der Waals surface area (Å²) in [6, 6.07) is 12.3. The van der Waals surface area contributed by atoms with Gasteiger partial charge in [-0.2, -0.15) is 0 Å². The minimum atomic E-state index is -0.513. The second kappa shape index (κ2) is 10.0. The molecule has 2 heterocycles. The molecule has 0 radical (unpaired) electrons. The second-order valence-corrected chi connectivity index (χ2v) is 12.6. The Bertz CT molecular complexity index is 1460. The van der Waals surface area contributed by atoms with E-state index in [0.717, 1.165) is 24.6 Å². The van der Waals surface area contributed by atoms with Gasteiger partial charge in [-0.1, -0.05) is 32.4 Å². The molecule has 1 aromatic heterocycles. The fourth-order valence-corrected chi connectivity index (χ4v) is 7.09. The summed E-state index contributed by atoms with van der Waals surface area (Å²) < 4.78 is 12.5. The van der Waals surface area contributed by atoms with Crippen LogP contribution in [0.1, 0.15) is 61.6 Å². The number of nitrogens with zero attached hydrogens (tertiary/aromatic N) is 2. The van der Waals surface area contributed by atoms with E-state index in [-0.39, 0.29) is 41.7 Å². The Morgan fingerprint density at radius 1 is 1.05 bits per heavy atom. The molecule has 3 aromatic rings. The summed E-state index contributed by atoms with van der Waals surface area (Å²) in [6.07, 6.45) is 2.97. The van der Waals surface area contributed by atoms with Crippen molar-refractivity contribution in [3.8, 4) is 5.75 Å². The molecule has 5 rings (SSSR count). The number of methoxy groups -OCH3 is 1. The van der Waals surface area contributed by atoms with Crippen LogP contribution in [0.5, 0.6) is 5.75 Å². The molecule has 1 saturated heterocycles. The number of ether oxygens (including phenoxy) is 2. The van der Waals surface area contributed by atoms with Crippen molar-refractivity contribution >= 4 is 40.3 Å². The van der Waals surface area contributed by atoms with Gasteiger partial charge in [0.05, 0.1) is 19.0 Å². The summed E-state index contributed by atoms with van der Waals surface area (Å²) in [5.74, 6) is -0.278. The van der Waals surface area contributed by atoms with Crippen molar-refractivity contribution < 1.29 is 23.9 Å². The van der Waals surface area contributed by atoms with Gasteiger partial charge < -0.3 is 14.4 Å². The molecule has 206 valence electrons. The van der Waals surface area contributed by atoms with Crippen LogP contribution in [0.15, 0.2) is 42.5 Å². The van der Waals surface area contributed by atoms with Crippen LogP contribution in [0.3, 0.4) is 0 Å². The molecule has 7 nitrogen and oxygen atoms in total. The van der Waals surface area contributed by atoms with Crippen molar-refractivity contribution in [2.24, 2.45) is 10.8 Å². The van der Waals surface area contributed by atoms with Crippen LogP contribution in [0.2, 0.25) is 5.02 Å². The highest BCUT2D eigenvalue weighted by atomic mass is 35.5. The Kier molecular flexibility index (Phi) is 7.00. The average Bonchev–Trinajstić information content (AvgIpc) is 3.30. The van der Waals surface area contributed by atoms with E-state index in [1.165, 1.54) is 0 Å². The maximum absolute atomic E-state index is 13.5. The Morgan fingerprint density at radius 3 is 2.46 bits per heavy atom. The van der Waals surface area contributed by atoms with Gasteiger partial charge >= 0.3 is 5.97 Å². The third kappa shape index (κ3) is 5.29. The Hall–Kier alpha value is -3.32. The van der Waals surface area contributed by atoms with Crippen LogP contribution >= 0.6 is 11.6 Å². The number of aromatic nitrogens is 1. The molecular formula is C31H35ClN2O5. The van der Waals surface area contributed by atoms with Gasteiger partial charge in [0.2, 0.25) is 0 Å². The first kappa shape index (κ1) is 27.3. The largest absolute Gasteiger partial charge is 0.497 e. The lowest BCUT2D eigenvalue weighted by Crippen LogP contribution is -2.40. The predicted molar refractivity (Wildman–Crippen MR) is 150 cm³/mol. The highest BCUT2D eigenvalue weighted by molar-refractivity contribution is 6.30. The molecule has 39 heavy (non-hydrogen) atoms. The zero-order valence-corrected chi connectivity index (χ0v) is 23.9. The van der Waals surface area contributed by atoms with E-state index in [1.807, 2.05) is 11.0 Å². The standard InChI is InChI=1S/C31H35ClN2O5/c1-19-24(13-28(36)39-16-27(35)33-18-31(4)15-22(33)14-30(2,3)17-31)25-12-23(38-5)10-11-26(25)34(19)29(37)20-6-8-21(32)9-7-20/h6-12,22H,13-18H2,1-5H3/t22-,31+/m0/s1. The van der Waals surface area contributed by atoms with Gasteiger partial charge in [0.1, 0.15) is 5.75 Å². The molecule has 1 saturated carbocycles. The summed E-state index contributed by atoms with van der Waals surface area (Å²) in [7, 11) is 1.57. The van der Waals surface area contributed by atoms with Crippen molar-refractivity contribution in [2.75, 3.05) is 20.3 Å². The molecule has 0 N–H and O–H groups in total. The van der Waals surface area contributed by atoms with Crippen LogP contribution in [0, 0.1) is 17.8 Å². The Balaban J connectivity index is 1.35. The van der Waals surface area contributed by atoms with Crippen LogP contribution in [0.25, 0.3) is 10.9 Å². The van der Waals surface area contributed by atoms with Crippen molar-refractivity contribution in [3.63, 3.8) is 0 Å². The van der Waals surface area contributed by atoms with Gasteiger partial charge in [-0.25, -0.2) is 0 Å². The highest BCUT2D eigenvalue weighted by Gasteiger charge is 2.51. The maximum Gasteiger partial charge on any atom is 0.310 e. The summed E-state index contributed by atoms with van der Waals surface area (Å²) in [4.78, 5) is 41.5. The number of hydrogen-bond donors (Lipinski definition) is 0. The van der Waals surface area contributed by atoms with Crippen molar-refractivity contribution in [3.05, 3.63) is 64.3 Å². The molecular weight excluding hydrogens is 516 g/mol. The SMILES string of the molecule is COc1ccc2c(c1)c(CC(=O)OCC(=O)N1C[C@]3(C)C[C@@H]1CC(C)(C)C3)c(C)n2C(=O)c1ccc(Cl)cc1. The predicted octanol–water partition coefficient (Wildman–Crippen LogP) is 5.81. The smallest absolute Gasteiger partial charge is 0.310 e. The number of likely N-dealkylation sites (tertiary alicyclic amines) is 1. The highest BCUT2D eigenvalue weighted by Crippen LogP contribution is 2.52. The van der Waals surface area contributed by atoms with Gasteiger partial charge in [0.15, 0.2) is 6.61 Å². The summed E-state index contributed by atoms with van der Waals surface area (Å²) in [5, 5.41) is 1.26. The number of carbonyl (C=O) groups is 3. The van der Waals surface area contributed by atoms with Crippen LogP contribution < -0.4 is 4.74 Å². The van der Waals surface area contributed by atoms with E-state index < -0.39 is 5.97 Å². The fraction of sp³-hybridized carbons (Fsp3) is 0.452. The number of fused-ring (bicyclic) bond motifs is 3. The number of hydrogen-bond acceptors (Lipinski definition) is 5. The van der Waals surface area contributed by atoms with E-state index in [1.54, 1.807) is 55.0 Å². The first-order chi connectivity index (χ1) is 18.4. The topological polar surface area (TPSA) is 77.8 Å². The minimum Gasteiger partial charge on any atom is -0.497 e. The number of esters is 1. The number of carbonyl (C=O) groups excluding carboxylic acids is 3. The second-order valence-electron chi connectivity index (χ2n) is 12.2. The maximum atomic E-state index is 13.5. The van der Waals surface area contributed by atoms with Crippen molar-refractivity contribution in [2.45, 2.75) is 59.4 Å². The molecule has 1 aliphatic heterocycles. The van der Waals surface area contributed by atoms with Gasteiger partial charge in [0.25, 0.3) is 11.8 Å². The van der Waals surface area contributed by atoms with Crippen molar-refractivity contribution in [1.82, 2.24) is 9.47 Å². The fourth-order valence-electron chi connectivity index (χ4n) is 6.97. The van der Waals surface area contributed by atoms with E-state index >= 15 is 0 Å². The van der Waals surface area contributed by atoms with Crippen LogP contribution in [-0.2, 0) is 20.7 Å². The summed E-state index contributed by atoms with van der Waals surface area (Å²) in [5.41, 5.74) is 2.73. The van der Waals surface area contributed by atoms with E-state index in [0.29, 0.717) is 39.7 Å². The molecule has 0 unspecified atom stereocenters. The van der Waals surface area contributed by atoms with E-state index in [9.17, 15) is 14.4 Å². The number of rotatable bonds is 6. The first-order valence-electron chi connectivity index (χ1n) is 13.3. The average molecular weight is 551 g/mol. The quantitative estimate of drug-likeness (QED) is 0.362. The first-order valence-corrected chi connectivity index (χ1v) is 13.7. The third-order valence-corrected chi connectivity index (χ3v) is 8.50. The molecule has 2 atom stereocenters. The minimum absolute atomic E-state index is 0.0716. The van der Waals surface area contributed by atoms with Gasteiger partial charge in [-0.3, -0.25) is 19.0 Å². The molecule has 1 amide bonds. The number of benzene rings is 2. The molecule has 2 aromatic carbocycles. The third-order valence-electron chi connectivity index (χ3n) is 8.25. The molecule has 0 spiro atoms. The van der Waals surface area contributed by atoms with Crippen LogP contribution in [-0.4, -0.2) is 53.6 Å². The summed E-state index contributed by atoms with van der Waals surface area (Å²) >= 11 is 6.01. The van der Waals surface area contributed by atoms with E-state index in [2.05, 4.69) is 20.8 Å². The van der Waals surface area contributed by atoms with Gasteiger partial charge in [-0.05, 0) is 85.0 Å². The molecule has 2 fully saturated rings. The lowest BCUT2D eigenvalue weighted by molar-refractivity contribution is -0.152. The van der Waals surface area contributed by atoms with Gasteiger partial charge in [-0.15, -0.1) is 0 Å². The Labute approximate surface area is 234 Å². The Morgan fingerprint density at radius 2 is 1.77 bits per heavy atom. The normalized spacial score (nSPS) is 21.7. The number of halogens is 1. The number of amides is 1. The van der Waals surface area contributed by atoms with E-state index in [4.69, 9.17) is 21.1 Å². The monoisotopic (exact) mass is 550 g/mol. The van der Waals surface area contributed by atoms with Gasteiger partial charge in [0, 0.05) is 34.3 Å². The molecule has 8 heteroatoms. The molecule has 2 aliphatic rings. The molecule has 1 aliphatic carbocycles. The lowest BCUT2D eigenvalue weighted by atomic mass is 9.65. The summed E-state index contributed by atoms with van der Waals surface area (Å²) in [6.45, 7) is 9.00. The van der Waals surface area contributed by atoms with Crippen LogP contribution in [0.4, 0.5) is 0 Å².